The average Bonchev–Trinajstić information content (AvgIpc) is 3.14. The van der Waals surface area contributed by atoms with Gasteiger partial charge in [-0.3, -0.25) is 0 Å². The summed E-state index contributed by atoms with van der Waals surface area (Å²) in [4.78, 5) is 8.40. The van der Waals surface area contributed by atoms with E-state index in [4.69, 9.17) is 25.6 Å². The highest BCUT2D eigenvalue weighted by molar-refractivity contribution is 6.32. The molecule has 2 heterocycles. The number of rotatable bonds is 5. The number of halogens is 2. The van der Waals surface area contributed by atoms with Gasteiger partial charge >= 0.3 is 0 Å². The van der Waals surface area contributed by atoms with E-state index < -0.39 is 0 Å². The number of benzene rings is 2. The van der Waals surface area contributed by atoms with Gasteiger partial charge in [0.2, 0.25) is 0 Å². The molecule has 0 unspecified atom stereocenters. The molecule has 0 spiro atoms. The minimum atomic E-state index is -0.344. The van der Waals surface area contributed by atoms with E-state index in [9.17, 15) is 4.39 Å². The van der Waals surface area contributed by atoms with Gasteiger partial charge in [-0.1, -0.05) is 16.8 Å². The molecule has 0 saturated heterocycles. The molecule has 142 valence electrons. The van der Waals surface area contributed by atoms with Crippen LogP contribution in [-0.2, 0) is 0 Å². The normalized spacial score (nSPS) is 10.9. The van der Waals surface area contributed by atoms with Crippen molar-refractivity contribution in [1.29, 1.82) is 0 Å². The minimum Gasteiger partial charge on any atom is -0.495 e. The third kappa shape index (κ3) is 3.18. The third-order valence-electron chi connectivity index (χ3n) is 4.12. The maximum Gasteiger partial charge on any atom is 0.263 e. The molecule has 28 heavy (non-hydrogen) atoms. The van der Waals surface area contributed by atoms with Crippen LogP contribution in [0, 0.1) is 5.82 Å². The van der Waals surface area contributed by atoms with Crippen molar-refractivity contribution in [3.8, 4) is 22.8 Å². The second-order valence-corrected chi connectivity index (χ2v) is 6.16. The van der Waals surface area contributed by atoms with Gasteiger partial charge in [0.1, 0.15) is 40.5 Å². The molecule has 0 saturated carbocycles. The summed E-state index contributed by atoms with van der Waals surface area (Å²) in [7, 11) is 3.06. The first-order chi connectivity index (χ1) is 13.6. The highest BCUT2D eigenvalue weighted by Crippen LogP contribution is 2.39. The largest absolute Gasteiger partial charge is 0.495 e. The molecule has 4 rings (SSSR count). The number of anilines is 2. The van der Waals surface area contributed by atoms with Gasteiger partial charge in [-0.15, -0.1) is 0 Å². The van der Waals surface area contributed by atoms with Gasteiger partial charge < -0.3 is 19.3 Å². The molecule has 0 bridgehead atoms. The molecule has 0 amide bonds. The lowest BCUT2D eigenvalue weighted by Crippen LogP contribution is -1.99. The van der Waals surface area contributed by atoms with Crippen molar-refractivity contribution in [2.45, 2.75) is 0 Å². The maximum atomic E-state index is 13.3. The first-order valence-electron chi connectivity index (χ1n) is 8.15. The molecule has 2 aromatic carbocycles. The predicted octanol–water partition coefficient (Wildman–Crippen LogP) is 4.84. The number of methoxy groups -OCH3 is 2. The van der Waals surface area contributed by atoms with Crippen molar-refractivity contribution in [2.24, 2.45) is 0 Å². The summed E-state index contributed by atoms with van der Waals surface area (Å²) in [5, 5.41) is 8.19. The van der Waals surface area contributed by atoms with Crippen LogP contribution in [0.2, 0.25) is 5.02 Å². The van der Waals surface area contributed by atoms with Gasteiger partial charge in [-0.05, 0) is 30.3 Å². The Bertz CT molecular complexity index is 1150. The first-order valence-corrected chi connectivity index (χ1v) is 8.53. The Hall–Kier alpha value is -3.39. The van der Waals surface area contributed by atoms with Crippen molar-refractivity contribution in [2.75, 3.05) is 19.5 Å². The van der Waals surface area contributed by atoms with E-state index in [1.807, 2.05) is 0 Å². The smallest absolute Gasteiger partial charge is 0.263 e. The number of hydrogen-bond donors (Lipinski definition) is 1. The van der Waals surface area contributed by atoms with Crippen molar-refractivity contribution in [3.05, 3.63) is 53.6 Å². The summed E-state index contributed by atoms with van der Waals surface area (Å²) in [6, 6.07) is 9.23. The standard InChI is InChI=1S/C19H14ClFN4O3/c1-26-14-8-15(27-2)13(7-12(14)20)24-18-16-17(10-3-5-11(21)6-4-10)25-28-19(16)23-9-22-18/h3-9H,1-2H3,(H,22,23,24). The number of aromatic nitrogens is 3. The van der Waals surface area contributed by atoms with Crippen LogP contribution in [-0.4, -0.2) is 29.3 Å². The van der Waals surface area contributed by atoms with Crippen molar-refractivity contribution >= 4 is 34.2 Å². The number of nitrogens with zero attached hydrogens (tertiary/aromatic N) is 3. The molecular weight excluding hydrogens is 387 g/mol. The van der Waals surface area contributed by atoms with Crippen molar-refractivity contribution in [1.82, 2.24) is 15.1 Å². The van der Waals surface area contributed by atoms with E-state index in [2.05, 4.69) is 20.4 Å². The van der Waals surface area contributed by atoms with Crippen LogP contribution in [0.3, 0.4) is 0 Å². The van der Waals surface area contributed by atoms with Crippen LogP contribution in [0.25, 0.3) is 22.4 Å². The lowest BCUT2D eigenvalue weighted by Gasteiger charge is -2.13. The Morgan fingerprint density at radius 1 is 1.04 bits per heavy atom. The Morgan fingerprint density at radius 3 is 2.50 bits per heavy atom. The summed E-state index contributed by atoms with van der Waals surface area (Å²) in [6.45, 7) is 0. The van der Waals surface area contributed by atoms with E-state index in [-0.39, 0.29) is 11.5 Å². The van der Waals surface area contributed by atoms with E-state index in [0.29, 0.717) is 44.7 Å². The van der Waals surface area contributed by atoms with Crippen LogP contribution in [0.5, 0.6) is 11.5 Å². The molecule has 0 aliphatic rings. The number of hydrogen-bond acceptors (Lipinski definition) is 7. The predicted molar refractivity (Wildman–Crippen MR) is 103 cm³/mol. The molecule has 0 aliphatic carbocycles. The molecule has 0 aliphatic heterocycles. The molecule has 7 nitrogen and oxygen atoms in total. The molecule has 0 fully saturated rings. The molecule has 1 N–H and O–H groups in total. The molecule has 0 radical (unpaired) electrons. The molecular formula is C19H14ClFN4O3. The lowest BCUT2D eigenvalue weighted by atomic mass is 10.1. The monoisotopic (exact) mass is 400 g/mol. The Balaban J connectivity index is 1.83. The van der Waals surface area contributed by atoms with Gasteiger partial charge in [-0.2, -0.15) is 4.98 Å². The first kappa shape index (κ1) is 18.0. The average molecular weight is 401 g/mol. The summed E-state index contributed by atoms with van der Waals surface area (Å²) < 4.78 is 29.2. The van der Waals surface area contributed by atoms with E-state index in [1.54, 1.807) is 24.3 Å². The highest BCUT2D eigenvalue weighted by atomic mass is 35.5. The summed E-state index contributed by atoms with van der Waals surface area (Å²) in [5.41, 5.74) is 2.00. The van der Waals surface area contributed by atoms with Crippen molar-refractivity contribution < 1.29 is 18.4 Å². The van der Waals surface area contributed by atoms with Gasteiger partial charge in [0.05, 0.1) is 24.9 Å². The quantitative estimate of drug-likeness (QED) is 0.513. The summed E-state index contributed by atoms with van der Waals surface area (Å²) >= 11 is 6.24. The fourth-order valence-electron chi connectivity index (χ4n) is 2.77. The van der Waals surface area contributed by atoms with E-state index in [1.165, 1.54) is 32.7 Å². The number of ether oxygens (including phenoxy) is 2. The van der Waals surface area contributed by atoms with Gasteiger partial charge in [0.15, 0.2) is 0 Å². The van der Waals surface area contributed by atoms with Gasteiger partial charge in [-0.25, -0.2) is 9.37 Å². The highest BCUT2D eigenvalue weighted by Gasteiger charge is 2.19. The topological polar surface area (TPSA) is 82.3 Å². The molecule has 2 aromatic heterocycles. The lowest BCUT2D eigenvalue weighted by molar-refractivity contribution is 0.396. The summed E-state index contributed by atoms with van der Waals surface area (Å²) in [5.74, 6) is 1.08. The Labute approximate surface area is 164 Å². The van der Waals surface area contributed by atoms with Gasteiger partial charge in [0.25, 0.3) is 5.71 Å². The SMILES string of the molecule is COc1cc(OC)c(Nc2ncnc3onc(-c4ccc(F)cc4)c23)cc1Cl. The van der Waals surface area contributed by atoms with E-state index >= 15 is 0 Å². The minimum absolute atomic E-state index is 0.287. The van der Waals surface area contributed by atoms with E-state index in [0.717, 1.165) is 0 Å². The zero-order chi connectivity index (χ0) is 19.7. The molecule has 9 heteroatoms. The van der Waals surface area contributed by atoms with Crippen LogP contribution in [0.15, 0.2) is 47.2 Å². The van der Waals surface area contributed by atoms with Crippen LogP contribution < -0.4 is 14.8 Å². The molecule has 4 aromatic rings. The second-order valence-electron chi connectivity index (χ2n) is 5.75. The zero-order valence-electron chi connectivity index (χ0n) is 14.9. The second kappa shape index (κ2) is 7.32. The Kier molecular flexibility index (Phi) is 4.70. The number of nitrogens with one attached hydrogen (secondary N) is 1. The third-order valence-corrected chi connectivity index (χ3v) is 4.41. The van der Waals surface area contributed by atoms with Crippen molar-refractivity contribution in [3.63, 3.8) is 0 Å². The van der Waals surface area contributed by atoms with Crippen LogP contribution in [0.4, 0.5) is 15.9 Å². The maximum absolute atomic E-state index is 13.3. The fourth-order valence-corrected chi connectivity index (χ4v) is 3.01. The number of fused-ring (bicyclic) bond motifs is 1. The summed E-state index contributed by atoms with van der Waals surface area (Å²) in [6.07, 6.45) is 1.35. The fraction of sp³-hybridized carbons (Fsp3) is 0.105. The van der Waals surface area contributed by atoms with Crippen LogP contribution in [0.1, 0.15) is 0 Å². The van der Waals surface area contributed by atoms with Gasteiger partial charge in [0, 0.05) is 11.6 Å². The molecule has 0 atom stereocenters. The van der Waals surface area contributed by atoms with Crippen LogP contribution >= 0.6 is 11.6 Å². The Morgan fingerprint density at radius 2 is 1.79 bits per heavy atom. The zero-order valence-corrected chi connectivity index (χ0v) is 15.6.